The van der Waals surface area contributed by atoms with E-state index in [1.165, 1.54) is 0 Å². The normalized spacial score (nSPS) is 20.8. The number of hydrogen-bond donors (Lipinski definition) is 1. The SMILES string of the molecule is CNC(=O)C1CCCN1CCC(=O)OC(C)(C)C. The molecule has 104 valence electrons. The fraction of sp³-hybridized carbons (Fsp3) is 0.846. The number of rotatable bonds is 4. The predicted molar refractivity (Wildman–Crippen MR) is 69.1 cm³/mol. The minimum atomic E-state index is -0.442. The summed E-state index contributed by atoms with van der Waals surface area (Å²) < 4.78 is 5.25. The Morgan fingerprint density at radius 1 is 1.39 bits per heavy atom. The fourth-order valence-corrected chi connectivity index (χ4v) is 2.18. The van der Waals surface area contributed by atoms with E-state index < -0.39 is 5.60 Å². The van der Waals surface area contributed by atoms with E-state index in [0.29, 0.717) is 13.0 Å². The van der Waals surface area contributed by atoms with Crippen LogP contribution < -0.4 is 5.32 Å². The van der Waals surface area contributed by atoms with Crippen LogP contribution in [0.5, 0.6) is 0 Å². The van der Waals surface area contributed by atoms with Crippen molar-refractivity contribution < 1.29 is 14.3 Å². The Hall–Kier alpha value is -1.10. The summed E-state index contributed by atoms with van der Waals surface area (Å²) in [6, 6.07) is -0.0857. The molecule has 1 N–H and O–H groups in total. The van der Waals surface area contributed by atoms with Crippen molar-refractivity contribution in [2.24, 2.45) is 0 Å². The van der Waals surface area contributed by atoms with E-state index in [1.807, 2.05) is 20.8 Å². The number of amides is 1. The van der Waals surface area contributed by atoms with Crippen molar-refractivity contribution >= 4 is 11.9 Å². The van der Waals surface area contributed by atoms with Crippen LogP contribution in [-0.2, 0) is 14.3 Å². The topological polar surface area (TPSA) is 58.6 Å². The van der Waals surface area contributed by atoms with Gasteiger partial charge >= 0.3 is 5.97 Å². The molecule has 5 nitrogen and oxygen atoms in total. The summed E-state index contributed by atoms with van der Waals surface area (Å²) in [6.07, 6.45) is 2.21. The van der Waals surface area contributed by atoms with Gasteiger partial charge in [-0.3, -0.25) is 14.5 Å². The van der Waals surface area contributed by atoms with Crippen molar-refractivity contribution in [3.8, 4) is 0 Å². The van der Waals surface area contributed by atoms with Crippen LogP contribution >= 0.6 is 0 Å². The van der Waals surface area contributed by atoms with Crippen LogP contribution in [0.3, 0.4) is 0 Å². The molecular formula is C13H24N2O3. The first kappa shape index (κ1) is 15.0. The molecule has 1 atom stereocenters. The van der Waals surface area contributed by atoms with E-state index in [4.69, 9.17) is 4.74 Å². The van der Waals surface area contributed by atoms with Crippen LogP contribution in [0.15, 0.2) is 0 Å². The molecule has 0 aromatic heterocycles. The first-order chi connectivity index (χ1) is 8.33. The smallest absolute Gasteiger partial charge is 0.307 e. The van der Waals surface area contributed by atoms with Crippen molar-refractivity contribution in [2.75, 3.05) is 20.1 Å². The van der Waals surface area contributed by atoms with Gasteiger partial charge in [-0.25, -0.2) is 0 Å². The minimum absolute atomic E-state index is 0.0386. The molecule has 1 saturated heterocycles. The van der Waals surface area contributed by atoms with Crippen LogP contribution in [0, 0.1) is 0 Å². The third-order valence-corrected chi connectivity index (χ3v) is 2.94. The summed E-state index contributed by atoms with van der Waals surface area (Å²) in [5, 5.41) is 2.67. The van der Waals surface area contributed by atoms with Gasteiger partial charge in [0.2, 0.25) is 5.91 Å². The largest absolute Gasteiger partial charge is 0.460 e. The Balaban J connectivity index is 2.38. The van der Waals surface area contributed by atoms with Gasteiger partial charge in [-0.05, 0) is 40.2 Å². The lowest BCUT2D eigenvalue weighted by Crippen LogP contribution is -2.42. The third-order valence-electron chi connectivity index (χ3n) is 2.94. The molecule has 1 aliphatic heterocycles. The Bertz CT molecular complexity index is 310. The molecule has 0 bridgehead atoms. The zero-order valence-corrected chi connectivity index (χ0v) is 11.8. The second-order valence-corrected chi connectivity index (χ2v) is 5.64. The van der Waals surface area contributed by atoms with Crippen LogP contribution in [-0.4, -0.2) is 48.6 Å². The number of likely N-dealkylation sites (tertiary alicyclic amines) is 1. The second-order valence-electron chi connectivity index (χ2n) is 5.64. The Morgan fingerprint density at radius 3 is 2.61 bits per heavy atom. The highest BCUT2D eigenvalue weighted by Crippen LogP contribution is 2.18. The van der Waals surface area contributed by atoms with Gasteiger partial charge < -0.3 is 10.1 Å². The Morgan fingerprint density at radius 2 is 2.06 bits per heavy atom. The molecule has 1 unspecified atom stereocenters. The van der Waals surface area contributed by atoms with Gasteiger partial charge in [0.15, 0.2) is 0 Å². The van der Waals surface area contributed by atoms with E-state index in [0.717, 1.165) is 19.4 Å². The molecule has 0 saturated carbocycles. The number of esters is 1. The van der Waals surface area contributed by atoms with Crippen molar-refractivity contribution in [2.45, 2.75) is 51.7 Å². The molecule has 1 aliphatic rings. The monoisotopic (exact) mass is 256 g/mol. The predicted octanol–water partition coefficient (Wildman–Crippen LogP) is 0.929. The summed E-state index contributed by atoms with van der Waals surface area (Å²) in [4.78, 5) is 25.3. The number of likely N-dealkylation sites (N-methyl/N-ethyl adjacent to an activating group) is 1. The highest BCUT2D eigenvalue weighted by atomic mass is 16.6. The Labute approximate surface area is 109 Å². The van der Waals surface area contributed by atoms with E-state index >= 15 is 0 Å². The van der Waals surface area contributed by atoms with E-state index in [-0.39, 0.29) is 17.9 Å². The maximum atomic E-state index is 11.6. The number of ether oxygens (including phenoxy) is 1. The lowest BCUT2D eigenvalue weighted by Gasteiger charge is -2.24. The highest BCUT2D eigenvalue weighted by molar-refractivity contribution is 5.81. The molecule has 0 spiro atoms. The molecule has 0 radical (unpaired) electrons. The molecule has 0 aliphatic carbocycles. The van der Waals surface area contributed by atoms with Gasteiger partial charge in [-0.15, -0.1) is 0 Å². The summed E-state index contributed by atoms with van der Waals surface area (Å²) in [5.74, 6) is -0.165. The van der Waals surface area contributed by atoms with Gasteiger partial charge in [0.1, 0.15) is 5.60 Å². The van der Waals surface area contributed by atoms with Crippen molar-refractivity contribution in [3.05, 3.63) is 0 Å². The van der Waals surface area contributed by atoms with Crippen LogP contribution in [0.1, 0.15) is 40.0 Å². The number of nitrogens with zero attached hydrogens (tertiary/aromatic N) is 1. The second kappa shape index (κ2) is 6.18. The molecule has 18 heavy (non-hydrogen) atoms. The van der Waals surface area contributed by atoms with E-state index in [9.17, 15) is 9.59 Å². The molecule has 1 fully saturated rings. The summed E-state index contributed by atoms with van der Waals surface area (Å²) in [7, 11) is 1.65. The first-order valence-electron chi connectivity index (χ1n) is 6.51. The number of carbonyl (C=O) groups is 2. The van der Waals surface area contributed by atoms with Crippen molar-refractivity contribution in [3.63, 3.8) is 0 Å². The maximum Gasteiger partial charge on any atom is 0.307 e. The van der Waals surface area contributed by atoms with E-state index in [2.05, 4.69) is 10.2 Å². The van der Waals surface area contributed by atoms with Crippen LogP contribution in [0.4, 0.5) is 0 Å². The van der Waals surface area contributed by atoms with Gasteiger partial charge in [0, 0.05) is 13.6 Å². The quantitative estimate of drug-likeness (QED) is 0.760. The molecule has 1 amide bonds. The summed E-state index contributed by atoms with van der Waals surface area (Å²) >= 11 is 0. The first-order valence-corrected chi connectivity index (χ1v) is 6.51. The molecule has 0 aromatic rings. The van der Waals surface area contributed by atoms with Gasteiger partial charge in [0.25, 0.3) is 0 Å². The zero-order valence-electron chi connectivity index (χ0n) is 11.8. The maximum absolute atomic E-state index is 11.6. The third kappa shape index (κ3) is 4.64. The molecule has 1 rings (SSSR count). The summed E-state index contributed by atoms with van der Waals surface area (Å²) in [6.45, 7) is 7.03. The molecule has 5 heteroatoms. The minimum Gasteiger partial charge on any atom is -0.460 e. The van der Waals surface area contributed by atoms with Crippen LogP contribution in [0.25, 0.3) is 0 Å². The number of hydrogen-bond acceptors (Lipinski definition) is 4. The van der Waals surface area contributed by atoms with Gasteiger partial charge in [-0.2, -0.15) is 0 Å². The van der Waals surface area contributed by atoms with Gasteiger partial charge in [0.05, 0.1) is 12.5 Å². The fourth-order valence-electron chi connectivity index (χ4n) is 2.18. The van der Waals surface area contributed by atoms with E-state index in [1.54, 1.807) is 7.05 Å². The lowest BCUT2D eigenvalue weighted by molar-refractivity contribution is -0.155. The molecular weight excluding hydrogens is 232 g/mol. The number of carbonyl (C=O) groups excluding carboxylic acids is 2. The average molecular weight is 256 g/mol. The highest BCUT2D eigenvalue weighted by Gasteiger charge is 2.30. The zero-order chi connectivity index (χ0) is 13.8. The lowest BCUT2D eigenvalue weighted by atomic mass is 10.2. The standard InChI is InChI=1S/C13H24N2O3/c1-13(2,3)18-11(16)7-9-15-8-5-6-10(15)12(17)14-4/h10H,5-9H2,1-4H3,(H,14,17). The molecule has 0 aromatic carbocycles. The van der Waals surface area contributed by atoms with Crippen molar-refractivity contribution in [1.29, 1.82) is 0 Å². The van der Waals surface area contributed by atoms with Crippen LogP contribution in [0.2, 0.25) is 0 Å². The van der Waals surface area contributed by atoms with Crippen molar-refractivity contribution in [1.82, 2.24) is 10.2 Å². The Kier molecular flexibility index (Phi) is 5.14. The summed E-state index contributed by atoms with van der Waals surface area (Å²) in [5.41, 5.74) is -0.442. The molecule has 1 heterocycles. The number of nitrogens with one attached hydrogen (secondary N) is 1. The van der Waals surface area contributed by atoms with Gasteiger partial charge in [-0.1, -0.05) is 0 Å². The average Bonchev–Trinajstić information content (AvgIpc) is 2.71.